The Kier molecular flexibility index (Phi) is 4.34. The van der Waals surface area contributed by atoms with Crippen molar-refractivity contribution >= 4 is 43.3 Å². The van der Waals surface area contributed by atoms with E-state index < -0.39 is 21.5 Å². The van der Waals surface area contributed by atoms with Crippen molar-refractivity contribution in [1.29, 1.82) is 0 Å². The fourth-order valence-corrected chi connectivity index (χ4v) is 4.50. The fourth-order valence-electron chi connectivity index (χ4n) is 1.13. The van der Waals surface area contributed by atoms with Gasteiger partial charge >= 0.3 is 5.97 Å². The molecule has 0 fully saturated rings. The van der Waals surface area contributed by atoms with Gasteiger partial charge in [0.1, 0.15) is 9.75 Å². The van der Waals surface area contributed by atoms with Crippen LogP contribution in [0.1, 0.15) is 13.8 Å². The summed E-state index contributed by atoms with van der Waals surface area (Å²) in [7, 11) is -2.51. The Bertz CT molecular complexity index is 521. The maximum Gasteiger partial charge on any atom is 0.326 e. The van der Waals surface area contributed by atoms with Crippen LogP contribution in [0.4, 0.5) is 0 Å². The van der Waals surface area contributed by atoms with Crippen LogP contribution in [0, 0.1) is 0 Å². The average molecular weight is 342 g/mol. The number of carbonyl (C=O) groups excluding carboxylic acids is 1. The lowest BCUT2D eigenvalue weighted by atomic mass is 10.1. The van der Waals surface area contributed by atoms with E-state index >= 15 is 0 Å². The van der Waals surface area contributed by atoms with Gasteiger partial charge in [0.05, 0.1) is 10.9 Å². The van der Waals surface area contributed by atoms with E-state index in [0.717, 1.165) is 11.3 Å². The Morgan fingerprint density at radius 3 is 2.47 bits per heavy atom. The van der Waals surface area contributed by atoms with Crippen LogP contribution in [-0.2, 0) is 19.6 Å². The van der Waals surface area contributed by atoms with E-state index in [-0.39, 0.29) is 4.21 Å². The Morgan fingerprint density at radius 1 is 1.47 bits per heavy atom. The molecule has 17 heavy (non-hydrogen) atoms. The summed E-state index contributed by atoms with van der Waals surface area (Å²) in [5.74, 6) is -0.642. The zero-order chi connectivity index (χ0) is 13.3. The van der Waals surface area contributed by atoms with Crippen molar-refractivity contribution in [1.82, 2.24) is 4.72 Å². The molecule has 0 bridgehead atoms. The second-order valence-corrected chi connectivity index (χ2v) is 8.15. The molecular weight excluding hydrogens is 330 g/mol. The number of hydrogen-bond donors (Lipinski definition) is 1. The fraction of sp³-hybridized carbons (Fsp3) is 0.444. The highest BCUT2D eigenvalue weighted by Gasteiger charge is 2.34. The summed E-state index contributed by atoms with van der Waals surface area (Å²) in [6, 6.07) is 3.09. The van der Waals surface area contributed by atoms with Gasteiger partial charge in [-0.05, 0) is 41.9 Å². The number of carbonyl (C=O) groups is 1. The van der Waals surface area contributed by atoms with Crippen LogP contribution >= 0.6 is 27.3 Å². The molecule has 0 aliphatic heterocycles. The molecule has 8 heteroatoms. The molecule has 0 aliphatic rings. The third-order valence-electron chi connectivity index (χ3n) is 1.90. The van der Waals surface area contributed by atoms with Gasteiger partial charge in [-0.2, -0.15) is 4.72 Å². The lowest BCUT2D eigenvalue weighted by Crippen LogP contribution is -2.49. The minimum atomic E-state index is -3.71. The number of rotatable bonds is 4. The maximum atomic E-state index is 12.0. The second-order valence-electron chi connectivity index (χ2n) is 3.78. The van der Waals surface area contributed by atoms with Crippen LogP contribution in [0.2, 0.25) is 0 Å². The lowest BCUT2D eigenvalue weighted by molar-refractivity contribution is -0.146. The molecule has 0 saturated heterocycles. The Hall–Kier alpha value is -0.440. The van der Waals surface area contributed by atoms with E-state index in [1.807, 2.05) is 0 Å². The number of esters is 1. The molecule has 1 rings (SSSR count). The van der Waals surface area contributed by atoms with Crippen molar-refractivity contribution in [2.75, 3.05) is 7.11 Å². The van der Waals surface area contributed by atoms with Crippen LogP contribution < -0.4 is 4.72 Å². The number of hydrogen-bond acceptors (Lipinski definition) is 5. The van der Waals surface area contributed by atoms with E-state index in [1.54, 1.807) is 6.07 Å². The molecule has 0 saturated carbocycles. The highest BCUT2D eigenvalue weighted by molar-refractivity contribution is 9.11. The van der Waals surface area contributed by atoms with Crippen LogP contribution in [0.25, 0.3) is 0 Å². The molecular formula is C9H12BrNO4S2. The SMILES string of the molecule is COC(=O)C(C)(C)NS(=O)(=O)c1ccc(Br)s1. The van der Waals surface area contributed by atoms with E-state index in [0.29, 0.717) is 3.79 Å². The van der Waals surface area contributed by atoms with Gasteiger partial charge in [-0.1, -0.05) is 0 Å². The highest BCUT2D eigenvalue weighted by atomic mass is 79.9. The standard InChI is InChI=1S/C9H12BrNO4S2/c1-9(2,8(12)15-3)11-17(13,14)7-5-4-6(10)16-7/h4-5,11H,1-3H3. The molecule has 0 unspecified atom stereocenters. The first kappa shape index (κ1) is 14.6. The topological polar surface area (TPSA) is 72.5 Å². The van der Waals surface area contributed by atoms with Gasteiger partial charge in [0.15, 0.2) is 0 Å². The summed E-state index contributed by atoms with van der Waals surface area (Å²) in [4.78, 5) is 11.4. The van der Waals surface area contributed by atoms with E-state index in [1.165, 1.54) is 27.0 Å². The molecule has 0 radical (unpaired) electrons. The predicted molar refractivity (Wildman–Crippen MR) is 68.4 cm³/mol. The van der Waals surface area contributed by atoms with E-state index in [4.69, 9.17) is 0 Å². The summed E-state index contributed by atoms with van der Waals surface area (Å²) in [6.45, 7) is 2.89. The highest BCUT2D eigenvalue weighted by Crippen LogP contribution is 2.26. The van der Waals surface area contributed by atoms with Crippen LogP contribution in [0.15, 0.2) is 20.1 Å². The van der Waals surface area contributed by atoms with Gasteiger partial charge in [0, 0.05) is 0 Å². The van der Waals surface area contributed by atoms with Crippen molar-refractivity contribution in [3.05, 3.63) is 15.9 Å². The van der Waals surface area contributed by atoms with Gasteiger partial charge in [-0.15, -0.1) is 11.3 Å². The van der Waals surface area contributed by atoms with E-state index in [9.17, 15) is 13.2 Å². The normalized spacial score (nSPS) is 12.5. The number of methoxy groups -OCH3 is 1. The number of ether oxygens (including phenoxy) is 1. The van der Waals surface area contributed by atoms with Gasteiger partial charge < -0.3 is 4.74 Å². The Labute approximate surface area is 112 Å². The number of halogens is 1. The zero-order valence-corrected chi connectivity index (χ0v) is 12.7. The maximum absolute atomic E-state index is 12.0. The average Bonchev–Trinajstić information content (AvgIpc) is 2.62. The van der Waals surface area contributed by atoms with Crippen LogP contribution in [0.3, 0.4) is 0 Å². The van der Waals surface area contributed by atoms with Crippen LogP contribution in [0.5, 0.6) is 0 Å². The molecule has 0 aliphatic carbocycles. The zero-order valence-electron chi connectivity index (χ0n) is 9.48. The first-order valence-corrected chi connectivity index (χ1v) is 7.66. The van der Waals surface area contributed by atoms with Crippen molar-refractivity contribution in [2.24, 2.45) is 0 Å². The first-order chi connectivity index (χ1) is 7.69. The molecule has 5 nitrogen and oxygen atoms in total. The van der Waals surface area contributed by atoms with Crippen LogP contribution in [-0.4, -0.2) is 27.0 Å². The van der Waals surface area contributed by atoms with Crippen molar-refractivity contribution in [3.63, 3.8) is 0 Å². The molecule has 0 aromatic carbocycles. The Morgan fingerprint density at radius 2 is 2.06 bits per heavy atom. The van der Waals surface area contributed by atoms with Crippen molar-refractivity contribution in [3.8, 4) is 0 Å². The predicted octanol–water partition coefficient (Wildman–Crippen LogP) is 1.74. The minimum Gasteiger partial charge on any atom is -0.468 e. The Balaban J connectivity index is 2.99. The van der Waals surface area contributed by atoms with Crippen molar-refractivity contribution < 1.29 is 17.9 Å². The quantitative estimate of drug-likeness (QED) is 0.846. The summed E-state index contributed by atoms with van der Waals surface area (Å²) in [5, 5.41) is 0. The molecule has 0 amide bonds. The summed E-state index contributed by atoms with van der Waals surface area (Å²) in [6.07, 6.45) is 0. The summed E-state index contributed by atoms with van der Waals surface area (Å²) >= 11 is 4.25. The van der Waals surface area contributed by atoms with Gasteiger partial charge in [0.25, 0.3) is 10.0 Å². The lowest BCUT2D eigenvalue weighted by Gasteiger charge is -2.22. The summed E-state index contributed by atoms with van der Waals surface area (Å²) in [5.41, 5.74) is -1.30. The number of thiophene rings is 1. The van der Waals surface area contributed by atoms with Gasteiger partial charge in [-0.25, -0.2) is 8.42 Å². The largest absolute Gasteiger partial charge is 0.468 e. The summed E-state index contributed by atoms with van der Waals surface area (Å²) < 4.78 is 31.6. The molecule has 0 atom stereocenters. The third kappa shape index (κ3) is 3.51. The molecule has 1 aromatic heterocycles. The van der Waals surface area contributed by atoms with Crippen molar-refractivity contribution in [2.45, 2.75) is 23.6 Å². The first-order valence-electron chi connectivity index (χ1n) is 4.57. The number of nitrogens with one attached hydrogen (secondary N) is 1. The third-order valence-corrected chi connectivity index (χ3v) is 5.67. The monoisotopic (exact) mass is 341 g/mol. The smallest absolute Gasteiger partial charge is 0.326 e. The van der Waals surface area contributed by atoms with E-state index in [2.05, 4.69) is 25.4 Å². The minimum absolute atomic E-state index is 0.140. The molecule has 96 valence electrons. The molecule has 1 heterocycles. The van der Waals surface area contributed by atoms with Gasteiger partial charge in [-0.3, -0.25) is 4.79 Å². The molecule has 0 spiro atoms. The number of sulfonamides is 1. The second kappa shape index (κ2) is 5.05. The van der Waals surface area contributed by atoms with Gasteiger partial charge in [0.2, 0.25) is 0 Å². The molecule has 1 N–H and O–H groups in total. The molecule has 1 aromatic rings.